The minimum atomic E-state index is -0.816. The van der Waals surface area contributed by atoms with E-state index < -0.39 is 6.10 Å². The number of hydrogen-bond donors (Lipinski definition) is 0. The van der Waals surface area contributed by atoms with E-state index in [1.54, 1.807) is 0 Å². The fourth-order valence-electron chi connectivity index (χ4n) is 7.67. The van der Waals surface area contributed by atoms with Crippen LogP contribution in [0.2, 0.25) is 0 Å². The third-order valence-electron chi connectivity index (χ3n) is 12.0. The molecule has 0 aromatic carbocycles. The van der Waals surface area contributed by atoms with Gasteiger partial charge in [0.15, 0.2) is 6.10 Å². The van der Waals surface area contributed by atoms with Gasteiger partial charge in [-0.25, -0.2) is 0 Å². The van der Waals surface area contributed by atoms with E-state index in [1.165, 1.54) is 116 Å². The van der Waals surface area contributed by atoms with E-state index in [0.717, 1.165) is 96.3 Å². The molecule has 0 heterocycles. The summed E-state index contributed by atoms with van der Waals surface area (Å²) >= 11 is 0. The van der Waals surface area contributed by atoms with Crippen LogP contribution in [0, 0.1) is 0 Å². The van der Waals surface area contributed by atoms with Crippen molar-refractivity contribution in [1.29, 1.82) is 0 Å². The first-order valence-corrected chi connectivity index (χ1v) is 28.9. The number of carbonyl (C=O) groups excluding carboxylic acids is 3. The summed E-state index contributed by atoms with van der Waals surface area (Å²) < 4.78 is 16.8. The van der Waals surface area contributed by atoms with Gasteiger partial charge in [-0.2, -0.15) is 0 Å². The minimum Gasteiger partial charge on any atom is -0.462 e. The van der Waals surface area contributed by atoms with Gasteiger partial charge in [0, 0.05) is 19.3 Å². The van der Waals surface area contributed by atoms with Gasteiger partial charge in [0.05, 0.1) is 0 Å². The number of hydrogen-bond acceptors (Lipinski definition) is 6. The molecular formula is C64H106O6. The molecule has 398 valence electrons. The highest BCUT2D eigenvalue weighted by Gasteiger charge is 2.19. The predicted octanol–water partition coefficient (Wildman–Crippen LogP) is 19.5. The molecule has 0 unspecified atom stereocenters. The summed E-state index contributed by atoms with van der Waals surface area (Å²) in [5.41, 5.74) is 0. The third-order valence-corrected chi connectivity index (χ3v) is 12.0. The molecule has 6 nitrogen and oxygen atoms in total. The predicted molar refractivity (Wildman–Crippen MR) is 302 cm³/mol. The Bertz CT molecular complexity index is 1440. The Hall–Kier alpha value is -3.93. The van der Waals surface area contributed by atoms with Crippen molar-refractivity contribution >= 4 is 17.9 Å². The molecule has 0 fully saturated rings. The Balaban J connectivity index is 4.51. The van der Waals surface area contributed by atoms with Crippen molar-refractivity contribution < 1.29 is 28.6 Å². The van der Waals surface area contributed by atoms with Crippen molar-refractivity contribution in [3.05, 3.63) is 109 Å². The first-order valence-electron chi connectivity index (χ1n) is 28.9. The van der Waals surface area contributed by atoms with Crippen molar-refractivity contribution in [3.8, 4) is 0 Å². The monoisotopic (exact) mass is 971 g/mol. The molecule has 0 aromatic rings. The second-order valence-electron chi connectivity index (χ2n) is 18.8. The van der Waals surface area contributed by atoms with Crippen LogP contribution < -0.4 is 0 Å². The van der Waals surface area contributed by atoms with Crippen LogP contribution in [0.25, 0.3) is 0 Å². The highest BCUT2D eigenvalue weighted by atomic mass is 16.6. The first kappa shape index (κ1) is 66.1. The zero-order valence-electron chi connectivity index (χ0n) is 45.5. The lowest BCUT2D eigenvalue weighted by molar-refractivity contribution is -0.166. The minimum absolute atomic E-state index is 0.108. The Kier molecular flexibility index (Phi) is 54.4. The van der Waals surface area contributed by atoms with E-state index in [1.807, 2.05) is 6.08 Å². The van der Waals surface area contributed by atoms with Crippen LogP contribution >= 0.6 is 0 Å². The lowest BCUT2D eigenvalue weighted by atomic mass is 10.1. The lowest BCUT2D eigenvalue weighted by Crippen LogP contribution is -2.30. The van der Waals surface area contributed by atoms with E-state index in [2.05, 4.69) is 124 Å². The first-order chi connectivity index (χ1) is 34.5. The van der Waals surface area contributed by atoms with Crippen LogP contribution in [-0.2, 0) is 28.6 Å². The summed E-state index contributed by atoms with van der Waals surface area (Å²) in [5.74, 6) is -1.01. The third kappa shape index (κ3) is 55.0. The second-order valence-corrected chi connectivity index (χ2v) is 18.8. The Morgan fingerprint density at radius 2 is 0.586 bits per heavy atom. The number of esters is 3. The lowest BCUT2D eigenvalue weighted by Gasteiger charge is -2.18. The number of allylic oxidation sites excluding steroid dienone is 18. The number of unbranched alkanes of at least 4 members (excludes halogenated alkanes) is 22. The summed E-state index contributed by atoms with van der Waals surface area (Å²) in [6.45, 7) is 6.42. The Morgan fingerprint density at radius 1 is 0.300 bits per heavy atom. The quantitative estimate of drug-likeness (QED) is 0.0262. The average Bonchev–Trinajstić information content (AvgIpc) is 3.36. The van der Waals surface area contributed by atoms with Gasteiger partial charge in [-0.05, 0) is 116 Å². The molecule has 0 aliphatic rings. The van der Waals surface area contributed by atoms with Gasteiger partial charge in [-0.1, -0.05) is 233 Å². The van der Waals surface area contributed by atoms with E-state index in [9.17, 15) is 14.4 Å². The summed E-state index contributed by atoms with van der Waals surface area (Å²) in [4.78, 5) is 38.1. The summed E-state index contributed by atoms with van der Waals surface area (Å²) in [7, 11) is 0. The average molecular weight is 972 g/mol. The molecule has 6 heteroatoms. The van der Waals surface area contributed by atoms with Crippen LogP contribution in [0.3, 0.4) is 0 Å². The molecule has 1 atom stereocenters. The van der Waals surface area contributed by atoms with Crippen molar-refractivity contribution in [2.24, 2.45) is 0 Å². The molecule has 0 saturated heterocycles. The maximum atomic E-state index is 12.9. The fourth-order valence-corrected chi connectivity index (χ4v) is 7.67. The van der Waals surface area contributed by atoms with Crippen LogP contribution in [0.15, 0.2) is 109 Å². The molecule has 0 bridgehead atoms. The molecule has 0 amide bonds. The smallest absolute Gasteiger partial charge is 0.306 e. The van der Waals surface area contributed by atoms with Gasteiger partial charge in [-0.3, -0.25) is 14.4 Å². The van der Waals surface area contributed by atoms with Gasteiger partial charge in [-0.15, -0.1) is 0 Å². The molecule has 0 radical (unpaired) electrons. The molecule has 0 N–H and O–H groups in total. The molecule has 70 heavy (non-hydrogen) atoms. The molecule has 0 aliphatic carbocycles. The van der Waals surface area contributed by atoms with Gasteiger partial charge in [0.25, 0.3) is 0 Å². The van der Waals surface area contributed by atoms with Crippen molar-refractivity contribution in [2.45, 2.75) is 264 Å². The fraction of sp³-hybridized carbons (Fsp3) is 0.672. The number of ether oxygens (including phenoxy) is 3. The summed E-state index contributed by atoms with van der Waals surface area (Å²) in [6.07, 6.45) is 78.0. The van der Waals surface area contributed by atoms with Gasteiger partial charge in [0.1, 0.15) is 13.2 Å². The van der Waals surface area contributed by atoms with Gasteiger partial charge < -0.3 is 14.2 Å². The second kappa shape index (κ2) is 57.6. The van der Waals surface area contributed by atoms with Crippen LogP contribution in [0.4, 0.5) is 0 Å². The Morgan fingerprint density at radius 3 is 1.00 bits per heavy atom. The maximum absolute atomic E-state index is 12.9. The molecule has 0 saturated carbocycles. The Labute approximate surface area is 431 Å². The van der Waals surface area contributed by atoms with Crippen LogP contribution in [0.5, 0.6) is 0 Å². The van der Waals surface area contributed by atoms with Crippen LogP contribution in [-0.4, -0.2) is 37.2 Å². The molecule has 0 spiro atoms. The molecule has 0 rings (SSSR count). The largest absolute Gasteiger partial charge is 0.462 e. The zero-order valence-corrected chi connectivity index (χ0v) is 45.5. The molecular weight excluding hydrogens is 865 g/mol. The van der Waals surface area contributed by atoms with E-state index >= 15 is 0 Å². The normalized spacial score (nSPS) is 12.9. The molecule has 0 aromatic heterocycles. The summed E-state index contributed by atoms with van der Waals surface area (Å²) in [6, 6.07) is 0. The zero-order chi connectivity index (χ0) is 50.7. The van der Waals surface area contributed by atoms with Crippen LogP contribution in [0.1, 0.15) is 258 Å². The van der Waals surface area contributed by atoms with Crippen molar-refractivity contribution in [1.82, 2.24) is 0 Å². The highest BCUT2D eigenvalue weighted by Crippen LogP contribution is 2.14. The summed E-state index contributed by atoms with van der Waals surface area (Å²) in [5, 5.41) is 0. The van der Waals surface area contributed by atoms with E-state index in [4.69, 9.17) is 14.2 Å². The van der Waals surface area contributed by atoms with Crippen molar-refractivity contribution in [2.75, 3.05) is 13.2 Å². The number of carbonyl (C=O) groups is 3. The SMILES string of the molecule is CC/C=C\C/C=C\C/C=C\C/C=C\C/C=C\C/C=C\CCC(=O)OC[C@@H](COC(=O)CCCCCCC/C=C\CCCCCCC)OC(=O)CCCCCCCCCCC/C=C\C/C=C\CCCCC. The molecule has 0 aliphatic heterocycles. The highest BCUT2D eigenvalue weighted by molar-refractivity contribution is 5.71. The maximum Gasteiger partial charge on any atom is 0.306 e. The van der Waals surface area contributed by atoms with E-state index in [-0.39, 0.29) is 37.5 Å². The van der Waals surface area contributed by atoms with E-state index in [0.29, 0.717) is 19.3 Å². The van der Waals surface area contributed by atoms with Gasteiger partial charge in [0.2, 0.25) is 0 Å². The van der Waals surface area contributed by atoms with Crippen molar-refractivity contribution in [3.63, 3.8) is 0 Å². The number of rotatable bonds is 51. The van der Waals surface area contributed by atoms with Gasteiger partial charge >= 0.3 is 17.9 Å². The standard InChI is InChI=1S/C64H106O6/c1-4-7-10-13-16-19-22-25-28-30-32-34-36-39-42-45-48-51-54-57-63(66)69-60-61(59-68-62(65)56-53-50-47-44-41-38-27-24-21-18-15-12-9-6-3)70-64(67)58-55-52-49-46-43-40-37-35-33-31-29-26-23-20-17-14-11-8-5-2/h7,10,16-17,19-20,24-29,32,34,39,42,48,51,61H,4-6,8-9,11-15,18,21-23,30-31,33,35-38,40-41,43-47,49-50,52-60H2,1-3H3/b10-7-,19-16-,20-17-,27-24-,28-25-,29-26-,34-32-,42-39-,51-48-/t61-/m1/s1. The topological polar surface area (TPSA) is 78.9 Å².